The van der Waals surface area contributed by atoms with Crippen LogP contribution < -0.4 is 9.47 Å². The van der Waals surface area contributed by atoms with Crippen molar-refractivity contribution in [3.8, 4) is 11.5 Å². The zero-order valence-corrected chi connectivity index (χ0v) is 19.6. The highest BCUT2D eigenvalue weighted by Crippen LogP contribution is 2.66. The van der Waals surface area contributed by atoms with Crippen LogP contribution in [0.25, 0.3) is 0 Å². The van der Waals surface area contributed by atoms with Crippen LogP contribution in [0.15, 0.2) is 71.5 Å². The molecular weight excluding hydrogens is 490 g/mol. The summed E-state index contributed by atoms with van der Waals surface area (Å²) < 4.78 is 16.7. The number of hydrogen-bond donors (Lipinski definition) is 1. The standard InChI is InChI=1S/C23H18BrNO4.C2H4O2/c1-28-18-12-25-13-19-21(18)22(27)20(26)11-17(14-5-3-2-4-6-14)23(22,29-19)15-7-9-16(24)10-8-15;1-4-2-3/h2-10,12-13,17,27H,11H2,1H3;2H,1H3. The van der Waals surface area contributed by atoms with E-state index < -0.39 is 11.2 Å². The predicted molar refractivity (Wildman–Crippen MR) is 123 cm³/mol. The van der Waals surface area contributed by atoms with Crippen molar-refractivity contribution in [3.63, 3.8) is 0 Å². The number of fused-ring (bicyclic) bond motifs is 3. The number of aromatic nitrogens is 1. The Balaban J connectivity index is 0.000000601. The van der Waals surface area contributed by atoms with E-state index in [-0.39, 0.29) is 18.1 Å². The quantitative estimate of drug-likeness (QED) is 0.531. The normalized spacial score (nSPS) is 24.6. The molecule has 0 saturated heterocycles. The molecule has 1 aliphatic carbocycles. The lowest BCUT2D eigenvalue weighted by Crippen LogP contribution is -2.50. The zero-order valence-electron chi connectivity index (χ0n) is 18.0. The summed E-state index contributed by atoms with van der Waals surface area (Å²) in [5, 5.41) is 12.1. The maximum atomic E-state index is 13.4. The molecule has 0 amide bonds. The van der Waals surface area contributed by atoms with Crippen molar-refractivity contribution in [3.05, 3.63) is 88.2 Å². The van der Waals surface area contributed by atoms with Crippen molar-refractivity contribution in [2.45, 2.75) is 23.5 Å². The van der Waals surface area contributed by atoms with Gasteiger partial charge in [0.2, 0.25) is 0 Å². The molecule has 0 bridgehead atoms. The molecule has 1 N–H and O–H groups in total. The average molecular weight is 512 g/mol. The van der Waals surface area contributed by atoms with Gasteiger partial charge < -0.3 is 19.3 Å². The third-order valence-electron chi connectivity index (χ3n) is 6.12. The van der Waals surface area contributed by atoms with E-state index in [9.17, 15) is 9.90 Å². The first-order valence-corrected chi connectivity index (χ1v) is 11.0. The Morgan fingerprint density at radius 1 is 1.12 bits per heavy atom. The summed E-state index contributed by atoms with van der Waals surface area (Å²) in [5.74, 6) is 0.0341. The molecule has 2 aromatic carbocycles. The smallest absolute Gasteiger partial charge is 0.292 e. The number of ether oxygens (including phenoxy) is 3. The largest absolute Gasteiger partial charge is 0.495 e. The van der Waals surface area contributed by atoms with Gasteiger partial charge in [0, 0.05) is 16.8 Å². The van der Waals surface area contributed by atoms with E-state index >= 15 is 0 Å². The average Bonchev–Trinajstić information content (AvgIpc) is 3.25. The number of carbonyl (C=O) groups is 2. The molecule has 1 fully saturated rings. The highest BCUT2D eigenvalue weighted by Gasteiger charge is 2.74. The fraction of sp³-hybridized carbons (Fsp3) is 0.240. The van der Waals surface area contributed by atoms with Crippen LogP contribution in [-0.2, 0) is 25.5 Å². The topological polar surface area (TPSA) is 95.0 Å². The first kappa shape index (κ1) is 22.9. The van der Waals surface area contributed by atoms with Crippen LogP contribution in [0.4, 0.5) is 0 Å². The third-order valence-corrected chi connectivity index (χ3v) is 6.65. The monoisotopic (exact) mass is 511 g/mol. The summed E-state index contributed by atoms with van der Waals surface area (Å²) in [6.07, 6.45) is 3.19. The molecule has 8 heteroatoms. The van der Waals surface area contributed by atoms with Crippen molar-refractivity contribution in [1.29, 1.82) is 0 Å². The molecule has 0 spiro atoms. The van der Waals surface area contributed by atoms with Crippen LogP contribution in [-0.4, -0.2) is 36.6 Å². The first-order chi connectivity index (χ1) is 15.9. The van der Waals surface area contributed by atoms with E-state index in [0.717, 1.165) is 15.6 Å². The van der Waals surface area contributed by atoms with Gasteiger partial charge in [0.05, 0.1) is 32.2 Å². The van der Waals surface area contributed by atoms with Gasteiger partial charge in [-0.2, -0.15) is 0 Å². The van der Waals surface area contributed by atoms with E-state index in [1.807, 2.05) is 54.6 Å². The van der Waals surface area contributed by atoms with Crippen molar-refractivity contribution in [1.82, 2.24) is 4.98 Å². The number of ketones is 1. The number of carbonyl (C=O) groups excluding carboxylic acids is 2. The van der Waals surface area contributed by atoms with Crippen LogP contribution in [0.3, 0.4) is 0 Å². The number of nitrogens with zero attached hydrogens (tertiary/aromatic N) is 1. The van der Waals surface area contributed by atoms with Crippen LogP contribution >= 0.6 is 15.9 Å². The molecule has 5 rings (SSSR count). The minimum absolute atomic E-state index is 0.154. The number of rotatable bonds is 4. The molecule has 1 aliphatic heterocycles. The van der Waals surface area contributed by atoms with Crippen LogP contribution in [0, 0.1) is 0 Å². The van der Waals surface area contributed by atoms with E-state index in [4.69, 9.17) is 14.3 Å². The van der Waals surface area contributed by atoms with E-state index in [1.165, 1.54) is 26.6 Å². The molecule has 1 saturated carbocycles. The van der Waals surface area contributed by atoms with Gasteiger partial charge in [-0.05, 0) is 23.3 Å². The Labute approximate surface area is 199 Å². The van der Waals surface area contributed by atoms with Gasteiger partial charge in [-0.1, -0.05) is 58.4 Å². The number of methoxy groups -OCH3 is 2. The Morgan fingerprint density at radius 2 is 1.79 bits per heavy atom. The molecule has 0 radical (unpaired) electrons. The number of halogens is 1. The molecule has 3 aromatic rings. The van der Waals surface area contributed by atoms with Gasteiger partial charge in [-0.3, -0.25) is 14.6 Å². The SMILES string of the molecule is COC=O.COc1cncc2c1C1(O)C(=O)CC(c3ccccc3)C1(c1ccc(Br)cc1)O2. The van der Waals surface area contributed by atoms with Crippen molar-refractivity contribution >= 4 is 28.2 Å². The first-order valence-electron chi connectivity index (χ1n) is 10.2. The summed E-state index contributed by atoms with van der Waals surface area (Å²) in [4.78, 5) is 26.5. The molecule has 2 aliphatic rings. The van der Waals surface area contributed by atoms with Gasteiger partial charge in [0.15, 0.2) is 17.0 Å². The molecule has 1 aromatic heterocycles. The predicted octanol–water partition coefficient (Wildman–Crippen LogP) is 3.87. The lowest BCUT2D eigenvalue weighted by molar-refractivity contribution is -0.151. The highest BCUT2D eigenvalue weighted by atomic mass is 79.9. The summed E-state index contributed by atoms with van der Waals surface area (Å²) in [6.45, 7) is 0.375. The lowest BCUT2D eigenvalue weighted by Gasteiger charge is -2.39. The fourth-order valence-electron chi connectivity index (χ4n) is 4.80. The number of pyridine rings is 1. The Morgan fingerprint density at radius 3 is 2.39 bits per heavy atom. The van der Waals surface area contributed by atoms with Crippen LogP contribution in [0.1, 0.15) is 29.0 Å². The lowest BCUT2D eigenvalue weighted by atomic mass is 9.71. The van der Waals surface area contributed by atoms with Gasteiger partial charge in [0.1, 0.15) is 11.5 Å². The third kappa shape index (κ3) is 3.41. The zero-order chi connectivity index (χ0) is 23.6. The van der Waals surface area contributed by atoms with Crippen molar-refractivity contribution in [2.75, 3.05) is 14.2 Å². The summed E-state index contributed by atoms with van der Waals surface area (Å²) >= 11 is 3.46. The summed E-state index contributed by atoms with van der Waals surface area (Å²) in [5.41, 5.74) is -1.20. The Hall–Kier alpha value is -3.23. The molecule has 33 heavy (non-hydrogen) atoms. The molecule has 3 unspecified atom stereocenters. The maximum Gasteiger partial charge on any atom is 0.292 e. The number of hydrogen-bond acceptors (Lipinski definition) is 7. The fourth-order valence-corrected chi connectivity index (χ4v) is 5.06. The maximum absolute atomic E-state index is 13.4. The molecule has 2 heterocycles. The second-order valence-electron chi connectivity index (χ2n) is 7.69. The van der Waals surface area contributed by atoms with Crippen LogP contribution in [0.5, 0.6) is 11.5 Å². The Bertz CT molecular complexity index is 1170. The summed E-state index contributed by atoms with van der Waals surface area (Å²) in [6, 6.07) is 17.3. The minimum Gasteiger partial charge on any atom is -0.495 e. The van der Waals surface area contributed by atoms with E-state index in [0.29, 0.717) is 23.5 Å². The van der Waals surface area contributed by atoms with Gasteiger partial charge in [0.25, 0.3) is 6.47 Å². The summed E-state index contributed by atoms with van der Waals surface area (Å²) in [7, 11) is 2.81. The number of aliphatic hydroxyl groups is 1. The molecule has 170 valence electrons. The van der Waals surface area contributed by atoms with Gasteiger partial charge >= 0.3 is 0 Å². The van der Waals surface area contributed by atoms with E-state index in [1.54, 1.807) is 0 Å². The van der Waals surface area contributed by atoms with Gasteiger partial charge in [-0.15, -0.1) is 0 Å². The van der Waals surface area contributed by atoms with Crippen molar-refractivity contribution in [2.24, 2.45) is 0 Å². The highest BCUT2D eigenvalue weighted by molar-refractivity contribution is 9.10. The molecular formula is C25H22BrNO6. The number of Topliss-reactive ketones (excluding diaryl/α,β-unsaturated/α-hetero) is 1. The second kappa shape index (κ2) is 8.96. The van der Waals surface area contributed by atoms with Crippen LogP contribution in [0.2, 0.25) is 0 Å². The molecule has 3 atom stereocenters. The Kier molecular flexibility index (Phi) is 6.23. The van der Waals surface area contributed by atoms with E-state index in [2.05, 4.69) is 25.7 Å². The second-order valence-corrected chi connectivity index (χ2v) is 8.61. The van der Waals surface area contributed by atoms with Gasteiger partial charge in [-0.25, -0.2) is 0 Å². The minimum atomic E-state index is -1.88. The number of benzene rings is 2. The van der Waals surface area contributed by atoms with Crippen molar-refractivity contribution < 1.29 is 28.9 Å². The molecule has 7 nitrogen and oxygen atoms in total.